The van der Waals surface area contributed by atoms with E-state index in [0.29, 0.717) is 41.1 Å². The number of carbonyl (C=O) groups excluding carboxylic acids is 2. The summed E-state index contributed by atoms with van der Waals surface area (Å²) in [5.41, 5.74) is 0.652. The molecule has 1 aliphatic rings. The fraction of sp³-hybridized carbons (Fsp3) is 0.333. The number of methoxy groups -OCH3 is 1. The Hall–Kier alpha value is -3.22. The Bertz CT molecular complexity index is 873. The number of hydrogen-bond donors (Lipinski definition) is 0. The molecular weight excluding hydrogens is 364 g/mol. The van der Waals surface area contributed by atoms with Crippen LogP contribution in [0.3, 0.4) is 0 Å². The van der Waals surface area contributed by atoms with Gasteiger partial charge < -0.3 is 23.7 Å². The molecule has 148 valence electrons. The molecule has 3 rings (SSSR count). The van der Waals surface area contributed by atoms with E-state index in [1.807, 2.05) is 13.8 Å². The van der Waals surface area contributed by atoms with Crippen molar-refractivity contribution in [2.75, 3.05) is 27.1 Å². The molecule has 28 heavy (non-hydrogen) atoms. The summed E-state index contributed by atoms with van der Waals surface area (Å²) < 4.78 is 26.5. The zero-order chi connectivity index (χ0) is 20.1. The van der Waals surface area contributed by atoms with E-state index in [0.717, 1.165) is 0 Å². The highest BCUT2D eigenvalue weighted by Gasteiger charge is 2.18. The van der Waals surface area contributed by atoms with Gasteiger partial charge >= 0.3 is 5.97 Å². The van der Waals surface area contributed by atoms with Crippen LogP contribution in [0.5, 0.6) is 23.0 Å². The summed E-state index contributed by atoms with van der Waals surface area (Å²) in [5.74, 6) is 1.45. The van der Waals surface area contributed by atoms with Gasteiger partial charge in [0.05, 0.1) is 19.3 Å². The number of fused-ring (bicyclic) bond motifs is 1. The predicted octanol–water partition coefficient (Wildman–Crippen LogP) is 3.50. The number of carbonyl (C=O) groups is 2. The van der Waals surface area contributed by atoms with E-state index in [-0.39, 0.29) is 24.7 Å². The third kappa shape index (κ3) is 4.54. The van der Waals surface area contributed by atoms with Gasteiger partial charge in [0.25, 0.3) is 0 Å². The van der Waals surface area contributed by atoms with E-state index in [4.69, 9.17) is 23.7 Å². The van der Waals surface area contributed by atoms with Crippen molar-refractivity contribution < 1.29 is 33.3 Å². The summed E-state index contributed by atoms with van der Waals surface area (Å²) in [4.78, 5) is 24.6. The average Bonchev–Trinajstić information content (AvgIpc) is 3.17. The molecule has 0 saturated carbocycles. The number of ether oxygens (including phenoxy) is 5. The number of Topliss-reactive ketones (excluding diaryl/α,β-unsaturated/α-hetero) is 1. The van der Waals surface area contributed by atoms with Gasteiger partial charge in [0.15, 0.2) is 35.4 Å². The zero-order valence-corrected chi connectivity index (χ0v) is 16.0. The summed E-state index contributed by atoms with van der Waals surface area (Å²) in [7, 11) is 1.50. The van der Waals surface area contributed by atoms with Crippen molar-refractivity contribution in [1.29, 1.82) is 0 Å². The molecule has 7 nitrogen and oxygen atoms in total. The van der Waals surface area contributed by atoms with Gasteiger partial charge in [-0.25, -0.2) is 4.79 Å². The lowest BCUT2D eigenvalue weighted by Crippen LogP contribution is -2.14. The van der Waals surface area contributed by atoms with Gasteiger partial charge in [-0.05, 0) is 42.3 Å². The summed E-state index contributed by atoms with van der Waals surface area (Å²) in [6, 6.07) is 9.58. The Morgan fingerprint density at radius 1 is 1.00 bits per heavy atom. The lowest BCUT2D eigenvalue weighted by Gasteiger charge is -2.13. The van der Waals surface area contributed by atoms with Crippen molar-refractivity contribution in [3.63, 3.8) is 0 Å². The summed E-state index contributed by atoms with van der Waals surface area (Å²) in [6.07, 6.45) is 0. The Labute approximate surface area is 163 Å². The molecule has 0 unspecified atom stereocenters. The Kier molecular flexibility index (Phi) is 6.03. The van der Waals surface area contributed by atoms with Gasteiger partial charge in [0.2, 0.25) is 6.79 Å². The highest BCUT2D eigenvalue weighted by molar-refractivity contribution is 6.00. The van der Waals surface area contributed by atoms with Crippen molar-refractivity contribution in [3.05, 3.63) is 47.5 Å². The molecule has 0 saturated heterocycles. The highest BCUT2D eigenvalue weighted by Crippen LogP contribution is 2.32. The van der Waals surface area contributed by atoms with Crippen LogP contribution in [0, 0.1) is 5.92 Å². The van der Waals surface area contributed by atoms with Crippen LogP contribution in [0.15, 0.2) is 36.4 Å². The van der Waals surface area contributed by atoms with Crippen molar-refractivity contribution in [2.24, 2.45) is 5.92 Å². The van der Waals surface area contributed by atoms with E-state index < -0.39 is 5.97 Å². The second kappa shape index (κ2) is 8.65. The SMILES string of the molecule is COc1cc(C(=O)OCC(=O)c2ccc3c(c2)OCO3)ccc1OCC(C)C. The maximum Gasteiger partial charge on any atom is 0.338 e. The third-order valence-electron chi connectivity index (χ3n) is 4.00. The predicted molar refractivity (Wildman–Crippen MR) is 101 cm³/mol. The largest absolute Gasteiger partial charge is 0.493 e. The molecule has 0 aliphatic carbocycles. The van der Waals surface area contributed by atoms with Crippen LogP contribution in [0.2, 0.25) is 0 Å². The molecular formula is C21H22O7. The lowest BCUT2D eigenvalue weighted by atomic mass is 10.1. The van der Waals surface area contributed by atoms with Gasteiger partial charge in [-0.3, -0.25) is 4.79 Å². The number of rotatable bonds is 8. The first-order valence-corrected chi connectivity index (χ1v) is 8.88. The van der Waals surface area contributed by atoms with Crippen LogP contribution >= 0.6 is 0 Å². The zero-order valence-electron chi connectivity index (χ0n) is 16.0. The quantitative estimate of drug-likeness (QED) is 0.507. The lowest BCUT2D eigenvalue weighted by molar-refractivity contribution is 0.0474. The van der Waals surface area contributed by atoms with Gasteiger partial charge in [-0.15, -0.1) is 0 Å². The molecule has 7 heteroatoms. The maximum absolute atomic E-state index is 12.3. The minimum absolute atomic E-state index is 0.126. The topological polar surface area (TPSA) is 80.3 Å². The number of hydrogen-bond acceptors (Lipinski definition) is 7. The summed E-state index contributed by atoms with van der Waals surface area (Å²) in [5, 5.41) is 0. The standard InChI is InChI=1S/C21H22O7/c1-13(2)10-25-17-7-5-15(9-19(17)24-3)21(23)26-11-16(22)14-4-6-18-20(8-14)28-12-27-18/h4-9,13H,10-12H2,1-3H3. The van der Waals surface area contributed by atoms with Crippen molar-refractivity contribution in [1.82, 2.24) is 0 Å². The monoisotopic (exact) mass is 386 g/mol. The molecule has 0 radical (unpaired) electrons. The van der Waals surface area contributed by atoms with E-state index >= 15 is 0 Å². The van der Waals surface area contributed by atoms with E-state index in [1.54, 1.807) is 30.3 Å². The van der Waals surface area contributed by atoms with E-state index in [2.05, 4.69) is 0 Å². The van der Waals surface area contributed by atoms with Gasteiger partial charge in [-0.2, -0.15) is 0 Å². The Morgan fingerprint density at radius 3 is 2.50 bits per heavy atom. The Morgan fingerprint density at radius 2 is 1.75 bits per heavy atom. The van der Waals surface area contributed by atoms with Gasteiger partial charge in [-0.1, -0.05) is 13.8 Å². The van der Waals surface area contributed by atoms with Crippen molar-refractivity contribution in [3.8, 4) is 23.0 Å². The molecule has 0 bridgehead atoms. The van der Waals surface area contributed by atoms with Crippen LogP contribution < -0.4 is 18.9 Å². The molecule has 0 amide bonds. The van der Waals surface area contributed by atoms with Crippen molar-refractivity contribution in [2.45, 2.75) is 13.8 Å². The molecule has 2 aromatic carbocycles. The van der Waals surface area contributed by atoms with Gasteiger partial charge in [0.1, 0.15) is 0 Å². The second-order valence-electron chi connectivity index (χ2n) is 6.64. The number of esters is 1. The van der Waals surface area contributed by atoms with Crippen LogP contribution in [0.25, 0.3) is 0 Å². The minimum atomic E-state index is -0.622. The average molecular weight is 386 g/mol. The Balaban J connectivity index is 1.62. The van der Waals surface area contributed by atoms with Crippen LogP contribution in [-0.2, 0) is 4.74 Å². The molecule has 0 fully saturated rings. The van der Waals surface area contributed by atoms with Gasteiger partial charge in [0, 0.05) is 5.56 Å². The molecule has 1 aliphatic heterocycles. The minimum Gasteiger partial charge on any atom is -0.493 e. The summed E-state index contributed by atoms with van der Waals surface area (Å²) >= 11 is 0. The fourth-order valence-corrected chi connectivity index (χ4v) is 2.54. The van der Waals surface area contributed by atoms with Crippen LogP contribution in [0.4, 0.5) is 0 Å². The van der Waals surface area contributed by atoms with Crippen LogP contribution in [0.1, 0.15) is 34.6 Å². The molecule has 1 heterocycles. The highest BCUT2D eigenvalue weighted by atomic mass is 16.7. The van der Waals surface area contributed by atoms with Crippen molar-refractivity contribution >= 4 is 11.8 Å². The number of benzene rings is 2. The molecule has 0 aromatic heterocycles. The third-order valence-corrected chi connectivity index (χ3v) is 4.00. The first-order chi connectivity index (χ1) is 13.5. The van der Waals surface area contributed by atoms with E-state index in [1.165, 1.54) is 13.2 Å². The summed E-state index contributed by atoms with van der Waals surface area (Å²) in [6.45, 7) is 4.35. The first-order valence-electron chi connectivity index (χ1n) is 8.88. The fourth-order valence-electron chi connectivity index (χ4n) is 2.54. The maximum atomic E-state index is 12.3. The second-order valence-corrected chi connectivity index (χ2v) is 6.64. The number of ketones is 1. The van der Waals surface area contributed by atoms with Crippen LogP contribution in [-0.4, -0.2) is 38.9 Å². The molecule has 2 aromatic rings. The molecule has 0 N–H and O–H groups in total. The first kappa shape index (κ1) is 19.5. The van der Waals surface area contributed by atoms with E-state index in [9.17, 15) is 9.59 Å². The molecule has 0 spiro atoms. The molecule has 0 atom stereocenters. The smallest absolute Gasteiger partial charge is 0.338 e. The normalized spacial score (nSPS) is 12.0.